The van der Waals surface area contributed by atoms with Crippen molar-refractivity contribution in [2.45, 2.75) is 11.4 Å². The Hall–Kier alpha value is -3.46. The lowest BCUT2D eigenvalue weighted by atomic mass is 10.2. The van der Waals surface area contributed by atoms with Gasteiger partial charge in [0.05, 0.1) is 17.7 Å². The molecule has 2 aromatic carbocycles. The number of aromatic nitrogens is 1. The second-order valence-corrected chi connectivity index (χ2v) is 7.70. The second kappa shape index (κ2) is 8.70. The zero-order chi connectivity index (χ0) is 20.9. The van der Waals surface area contributed by atoms with E-state index in [9.17, 15) is 17.6 Å². The summed E-state index contributed by atoms with van der Waals surface area (Å²) in [7, 11) is -2.35. The van der Waals surface area contributed by atoms with Gasteiger partial charge in [-0.2, -0.15) is 0 Å². The first-order valence-corrected chi connectivity index (χ1v) is 10.0. The number of sulfonamides is 1. The Morgan fingerprint density at radius 1 is 1.07 bits per heavy atom. The Morgan fingerprint density at radius 2 is 1.76 bits per heavy atom. The summed E-state index contributed by atoms with van der Waals surface area (Å²) in [6, 6.07) is 14.4. The van der Waals surface area contributed by atoms with E-state index >= 15 is 0 Å². The minimum atomic E-state index is -3.92. The Kier molecular flexibility index (Phi) is 6.08. The van der Waals surface area contributed by atoms with E-state index in [0.717, 1.165) is 29.8 Å². The molecule has 0 bridgehead atoms. The van der Waals surface area contributed by atoms with Crippen LogP contribution < -0.4 is 14.8 Å². The number of nitrogens with zero attached hydrogens (tertiary/aromatic N) is 1. The van der Waals surface area contributed by atoms with Gasteiger partial charge in [0, 0.05) is 12.7 Å². The third-order valence-electron chi connectivity index (χ3n) is 3.98. The van der Waals surface area contributed by atoms with E-state index in [0.29, 0.717) is 5.75 Å². The number of halogens is 1. The molecule has 0 aliphatic carbocycles. The number of hydrogen-bond acceptors (Lipinski definition) is 5. The number of ether oxygens (including phenoxy) is 1. The first-order chi connectivity index (χ1) is 13.9. The molecule has 0 unspecified atom stereocenters. The molecule has 3 aromatic rings. The van der Waals surface area contributed by atoms with Crippen LogP contribution in [0.5, 0.6) is 5.75 Å². The predicted octanol–water partition coefficient (Wildman–Crippen LogP) is 2.96. The average Bonchev–Trinajstić information content (AvgIpc) is 2.72. The van der Waals surface area contributed by atoms with Gasteiger partial charge < -0.3 is 10.1 Å². The lowest BCUT2D eigenvalue weighted by Crippen LogP contribution is -2.24. The van der Waals surface area contributed by atoms with Crippen LogP contribution in [-0.2, 0) is 16.6 Å². The normalized spacial score (nSPS) is 11.0. The quantitative estimate of drug-likeness (QED) is 0.618. The Morgan fingerprint density at radius 3 is 2.41 bits per heavy atom. The third-order valence-corrected chi connectivity index (χ3v) is 5.38. The molecule has 0 aliphatic heterocycles. The third kappa shape index (κ3) is 5.29. The molecule has 2 N–H and O–H groups in total. The van der Waals surface area contributed by atoms with Crippen LogP contribution in [0.2, 0.25) is 0 Å². The van der Waals surface area contributed by atoms with Crippen LogP contribution in [0.15, 0.2) is 71.8 Å². The van der Waals surface area contributed by atoms with E-state index in [1.807, 2.05) is 12.1 Å². The van der Waals surface area contributed by atoms with Crippen molar-refractivity contribution in [2.24, 2.45) is 0 Å². The van der Waals surface area contributed by atoms with Gasteiger partial charge in [-0.3, -0.25) is 14.5 Å². The smallest absolute Gasteiger partial charge is 0.270 e. The molecule has 0 saturated carbocycles. The van der Waals surface area contributed by atoms with E-state index in [1.165, 1.54) is 18.3 Å². The van der Waals surface area contributed by atoms with Crippen LogP contribution >= 0.6 is 0 Å². The zero-order valence-corrected chi connectivity index (χ0v) is 16.2. The Bertz CT molecular complexity index is 1100. The highest BCUT2D eigenvalue weighted by Gasteiger charge is 2.16. The van der Waals surface area contributed by atoms with Crippen molar-refractivity contribution in [3.8, 4) is 5.75 Å². The monoisotopic (exact) mass is 415 g/mol. The Balaban J connectivity index is 1.68. The number of carbonyl (C=O) groups is 1. The molecule has 150 valence electrons. The van der Waals surface area contributed by atoms with Crippen LogP contribution in [0.25, 0.3) is 0 Å². The highest BCUT2D eigenvalue weighted by atomic mass is 32.2. The molecule has 1 aromatic heterocycles. The molecule has 0 aliphatic rings. The molecule has 1 amide bonds. The number of anilines is 1. The lowest BCUT2D eigenvalue weighted by molar-refractivity contribution is 0.0946. The highest BCUT2D eigenvalue weighted by Crippen LogP contribution is 2.17. The summed E-state index contributed by atoms with van der Waals surface area (Å²) < 4.78 is 45.2. The van der Waals surface area contributed by atoms with Crippen LogP contribution in [-0.4, -0.2) is 26.4 Å². The van der Waals surface area contributed by atoms with Crippen molar-refractivity contribution in [2.75, 3.05) is 11.8 Å². The maximum absolute atomic E-state index is 13.0. The van der Waals surface area contributed by atoms with Crippen molar-refractivity contribution >= 4 is 21.6 Å². The molecule has 0 saturated heterocycles. The van der Waals surface area contributed by atoms with Crippen LogP contribution in [0.4, 0.5) is 10.1 Å². The topological polar surface area (TPSA) is 97.4 Å². The van der Waals surface area contributed by atoms with Crippen molar-refractivity contribution in [3.05, 3.63) is 83.9 Å². The van der Waals surface area contributed by atoms with Gasteiger partial charge in [-0.05, 0) is 54.1 Å². The van der Waals surface area contributed by atoms with E-state index in [-0.39, 0.29) is 22.8 Å². The Labute approximate surface area is 167 Å². The number of amides is 1. The molecule has 0 atom stereocenters. The zero-order valence-electron chi connectivity index (χ0n) is 15.4. The largest absolute Gasteiger partial charge is 0.497 e. The van der Waals surface area contributed by atoms with E-state index < -0.39 is 21.7 Å². The van der Waals surface area contributed by atoms with E-state index in [1.54, 1.807) is 19.2 Å². The fraction of sp³-hybridized carbons (Fsp3) is 0.100. The van der Waals surface area contributed by atoms with Crippen molar-refractivity contribution in [3.63, 3.8) is 0 Å². The SMILES string of the molecule is COc1ccc(CNC(=O)c2cc(NS(=O)(=O)c3ccc(F)cc3)ccn2)cc1. The maximum Gasteiger partial charge on any atom is 0.270 e. The van der Waals surface area contributed by atoms with Crippen molar-refractivity contribution < 1.29 is 22.3 Å². The van der Waals surface area contributed by atoms with Gasteiger partial charge in [-0.25, -0.2) is 12.8 Å². The van der Waals surface area contributed by atoms with Gasteiger partial charge in [0.2, 0.25) is 0 Å². The average molecular weight is 415 g/mol. The van der Waals surface area contributed by atoms with Gasteiger partial charge in [-0.15, -0.1) is 0 Å². The van der Waals surface area contributed by atoms with Crippen LogP contribution in [0.1, 0.15) is 16.1 Å². The lowest BCUT2D eigenvalue weighted by Gasteiger charge is -2.10. The summed E-state index contributed by atoms with van der Waals surface area (Å²) in [4.78, 5) is 16.2. The van der Waals surface area contributed by atoms with Crippen molar-refractivity contribution in [1.29, 1.82) is 0 Å². The molecule has 0 fully saturated rings. The summed E-state index contributed by atoms with van der Waals surface area (Å²) in [6.07, 6.45) is 1.32. The first-order valence-electron chi connectivity index (χ1n) is 8.53. The van der Waals surface area contributed by atoms with Gasteiger partial charge in [0.25, 0.3) is 15.9 Å². The molecule has 3 rings (SSSR count). The van der Waals surface area contributed by atoms with E-state index in [4.69, 9.17) is 4.74 Å². The summed E-state index contributed by atoms with van der Waals surface area (Å²) >= 11 is 0. The number of hydrogen-bond donors (Lipinski definition) is 2. The summed E-state index contributed by atoms with van der Waals surface area (Å²) in [5.41, 5.74) is 1.09. The summed E-state index contributed by atoms with van der Waals surface area (Å²) in [6.45, 7) is 0.274. The number of methoxy groups -OCH3 is 1. The molecular formula is C20H18FN3O4S. The molecule has 29 heavy (non-hydrogen) atoms. The maximum atomic E-state index is 13.0. The standard InChI is InChI=1S/C20H18FN3O4S/c1-28-17-6-2-14(3-7-17)13-23-20(25)19-12-16(10-11-22-19)24-29(26,27)18-8-4-15(21)5-9-18/h2-12H,13H2,1H3,(H,22,24)(H,23,25). The number of rotatable bonds is 7. The van der Waals surface area contributed by atoms with Gasteiger partial charge in [0.1, 0.15) is 17.3 Å². The minimum absolute atomic E-state index is 0.0535. The number of nitrogens with one attached hydrogen (secondary N) is 2. The second-order valence-electron chi connectivity index (χ2n) is 6.02. The number of carbonyl (C=O) groups excluding carboxylic acids is 1. The molecule has 0 spiro atoms. The highest BCUT2D eigenvalue weighted by molar-refractivity contribution is 7.92. The minimum Gasteiger partial charge on any atom is -0.497 e. The summed E-state index contributed by atoms with van der Waals surface area (Å²) in [5, 5.41) is 2.72. The molecule has 7 nitrogen and oxygen atoms in total. The number of benzene rings is 2. The van der Waals surface area contributed by atoms with E-state index in [2.05, 4.69) is 15.0 Å². The van der Waals surface area contributed by atoms with Gasteiger partial charge in [0.15, 0.2) is 0 Å². The molecule has 0 radical (unpaired) electrons. The van der Waals surface area contributed by atoms with Gasteiger partial charge >= 0.3 is 0 Å². The van der Waals surface area contributed by atoms with Gasteiger partial charge in [-0.1, -0.05) is 12.1 Å². The molecule has 9 heteroatoms. The fourth-order valence-corrected chi connectivity index (χ4v) is 3.51. The first kappa shape index (κ1) is 20.3. The number of pyridine rings is 1. The fourth-order valence-electron chi connectivity index (χ4n) is 2.46. The van der Waals surface area contributed by atoms with Crippen molar-refractivity contribution in [1.82, 2.24) is 10.3 Å². The van der Waals surface area contributed by atoms with Crippen LogP contribution in [0, 0.1) is 5.82 Å². The van der Waals surface area contributed by atoms with Crippen LogP contribution in [0.3, 0.4) is 0 Å². The molecular weight excluding hydrogens is 397 g/mol. The summed E-state index contributed by atoms with van der Waals surface area (Å²) in [5.74, 6) is -0.282. The predicted molar refractivity (Wildman–Crippen MR) is 106 cm³/mol. The molecule has 1 heterocycles.